The van der Waals surface area contributed by atoms with Crippen LogP contribution in [-0.2, 0) is 0 Å². The van der Waals surface area contributed by atoms with E-state index < -0.39 is 0 Å². The van der Waals surface area contributed by atoms with Gasteiger partial charge in [-0.15, -0.1) is 0 Å². The molecule has 1 atom stereocenters. The summed E-state index contributed by atoms with van der Waals surface area (Å²) in [4.78, 5) is 25.6. The number of carbonyl (C=O) groups is 1. The number of hydrogen-bond donors (Lipinski definition) is 0. The van der Waals surface area contributed by atoms with Crippen LogP contribution in [0, 0.1) is 0 Å². The zero-order valence-corrected chi connectivity index (χ0v) is 11.4. The summed E-state index contributed by atoms with van der Waals surface area (Å²) in [6.45, 7) is 1.94. The normalized spacial score (nSPS) is 11.9. The van der Waals surface area contributed by atoms with E-state index in [0.717, 1.165) is 5.56 Å². The van der Waals surface area contributed by atoms with Crippen molar-refractivity contribution in [1.82, 2.24) is 19.9 Å². The summed E-state index contributed by atoms with van der Waals surface area (Å²) in [5.74, 6) is -0.200. The zero-order chi connectivity index (χ0) is 13.8. The Bertz CT molecular complexity index is 559. The van der Waals surface area contributed by atoms with Crippen LogP contribution in [0.3, 0.4) is 0 Å². The molecule has 0 aliphatic carbocycles. The van der Waals surface area contributed by atoms with Crippen molar-refractivity contribution in [2.24, 2.45) is 0 Å². The second-order valence-corrected chi connectivity index (χ2v) is 4.48. The lowest BCUT2D eigenvalue weighted by atomic mass is 10.1. The first-order valence-electron chi connectivity index (χ1n) is 5.74. The van der Waals surface area contributed by atoms with E-state index in [9.17, 15) is 4.79 Å². The van der Waals surface area contributed by atoms with Gasteiger partial charge < -0.3 is 4.90 Å². The number of hydrogen-bond acceptors (Lipinski definition) is 4. The molecule has 2 rings (SSSR count). The molecule has 1 amide bonds. The van der Waals surface area contributed by atoms with Crippen LogP contribution in [0.4, 0.5) is 0 Å². The molecule has 0 radical (unpaired) electrons. The maximum atomic E-state index is 12.2. The second-order valence-electron chi connectivity index (χ2n) is 4.10. The zero-order valence-electron chi connectivity index (χ0n) is 10.6. The molecule has 0 saturated heterocycles. The Morgan fingerprint density at radius 2 is 1.95 bits per heavy atom. The van der Waals surface area contributed by atoms with Crippen molar-refractivity contribution < 1.29 is 4.79 Å². The third kappa shape index (κ3) is 3.06. The number of halogens is 1. The van der Waals surface area contributed by atoms with E-state index in [0.29, 0.717) is 0 Å². The minimum Gasteiger partial charge on any atom is -0.334 e. The smallest absolute Gasteiger partial charge is 0.274 e. The van der Waals surface area contributed by atoms with Crippen molar-refractivity contribution in [2.45, 2.75) is 13.0 Å². The summed E-state index contributed by atoms with van der Waals surface area (Å²) in [5.41, 5.74) is 1.28. The molecule has 0 aliphatic rings. The van der Waals surface area contributed by atoms with Crippen LogP contribution >= 0.6 is 11.6 Å². The first kappa shape index (κ1) is 13.4. The number of pyridine rings is 1. The Morgan fingerprint density at radius 1 is 1.26 bits per heavy atom. The van der Waals surface area contributed by atoms with Gasteiger partial charge in [-0.2, -0.15) is 0 Å². The van der Waals surface area contributed by atoms with Crippen molar-refractivity contribution in [3.05, 3.63) is 53.3 Å². The maximum absolute atomic E-state index is 12.2. The van der Waals surface area contributed by atoms with Crippen molar-refractivity contribution in [3.63, 3.8) is 0 Å². The minimum atomic E-state index is -0.200. The number of aromatic nitrogens is 3. The van der Waals surface area contributed by atoms with E-state index in [1.54, 1.807) is 24.3 Å². The fraction of sp³-hybridized carbons (Fsp3) is 0.231. The summed E-state index contributed by atoms with van der Waals surface area (Å²) in [5, 5.41) is 0.265. The van der Waals surface area contributed by atoms with Gasteiger partial charge in [0.2, 0.25) is 0 Å². The predicted molar refractivity (Wildman–Crippen MR) is 71.8 cm³/mol. The molecule has 0 aliphatic heterocycles. The summed E-state index contributed by atoms with van der Waals surface area (Å²) in [6.07, 6.45) is 6.14. The molecule has 2 heterocycles. The summed E-state index contributed by atoms with van der Waals surface area (Å²) in [6, 6.07) is 3.68. The number of amides is 1. The predicted octanol–water partition coefficient (Wildman–Crippen LogP) is 2.36. The molecule has 1 unspecified atom stereocenters. The van der Waals surface area contributed by atoms with Crippen molar-refractivity contribution in [3.8, 4) is 0 Å². The second kappa shape index (κ2) is 5.75. The van der Waals surface area contributed by atoms with E-state index in [2.05, 4.69) is 15.0 Å². The number of rotatable bonds is 3. The summed E-state index contributed by atoms with van der Waals surface area (Å²) >= 11 is 5.65. The van der Waals surface area contributed by atoms with Gasteiger partial charge in [0.15, 0.2) is 0 Å². The van der Waals surface area contributed by atoms with Crippen LogP contribution in [-0.4, -0.2) is 32.8 Å². The first-order chi connectivity index (χ1) is 9.09. The Morgan fingerprint density at radius 3 is 2.53 bits per heavy atom. The van der Waals surface area contributed by atoms with Crippen LogP contribution in [0.5, 0.6) is 0 Å². The van der Waals surface area contributed by atoms with E-state index in [4.69, 9.17) is 11.6 Å². The fourth-order valence-electron chi connectivity index (χ4n) is 1.64. The van der Waals surface area contributed by atoms with E-state index >= 15 is 0 Å². The lowest BCUT2D eigenvalue weighted by Gasteiger charge is -2.24. The molecule has 98 valence electrons. The molecule has 19 heavy (non-hydrogen) atoms. The molecule has 0 aromatic carbocycles. The minimum absolute atomic E-state index is 0.0759. The summed E-state index contributed by atoms with van der Waals surface area (Å²) in [7, 11) is 1.73. The molecule has 0 bridgehead atoms. The monoisotopic (exact) mass is 276 g/mol. The quantitative estimate of drug-likeness (QED) is 0.863. The third-order valence-corrected chi connectivity index (χ3v) is 3.12. The van der Waals surface area contributed by atoms with E-state index in [1.807, 2.05) is 19.1 Å². The standard InChI is InChI=1S/C13H13ClN4O/c1-9(10-3-5-15-6-4-10)18(2)13(19)11-7-17-12(14)8-16-11/h3-9H,1-2H3. The molecule has 0 fully saturated rings. The largest absolute Gasteiger partial charge is 0.334 e. The van der Waals surface area contributed by atoms with Gasteiger partial charge >= 0.3 is 0 Å². The third-order valence-electron chi connectivity index (χ3n) is 2.93. The molecule has 5 nitrogen and oxygen atoms in total. The number of carbonyl (C=O) groups excluding carboxylic acids is 1. The van der Waals surface area contributed by atoms with Gasteiger partial charge in [-0.1, -0.05) is 11.6 Å². The maximum Gasteiger partial charge on any atom is 0.274 e. The Hall–Kier alpha value is -2.01. The van der Waals surface area contributed by atoms with Crippen LogP contribution in [0.1, 0.15) is 29.0 Å². The van der Waals surface area contributed by atoms with Crippen LogP contribution in [0.15, 0.2) is 36.9 Å². The Kier molecular flexibility index (Phi) is 4.06. The van der Waals surface area contributed by atoms with Crippen molar-refractivity contribution in [1.29, 1.82) is 0 Å². The molecule has 0 spiro atoms. The lowest BCUT2D eigenvalue weighted by Crippen LogP contribution is -2.30. The number of nitrogens with zero attached hydrogens (tertiary/aromatic N) is 4. The highest BCUT2D eigenvalue weighted by Gasteiger charge is 2.20. The van der Waals surface area contributed by atoms with Crippen LogP contribution < -0.4 is 0 Å². The topological polar surface area (TPSA) is 59.0 Å². The average molecular weight is 277 g/mol. The van der Waals surface area contributed by atoms with Gasteiger partial charge in [0.05, 0.1) is 18.4 Å². The van der Waals surface area contributed by atoms with Gasteiger partial charge in [0, 0.05) is 19.4 Å². The SMILES string of the molecule is CC(c1ccncc1)N(C)C(=O)c1cnc(Cl)cn1. The van der Waals surface area contributed by atoms with Gasteiger partial charge in [-0.3, -0.25) is 9.78 Å². The van der Waals surface area contributed by atoms with E-state index in [1.165, 1.54) is 12.4 Å². The van der Waals surface area contributed by atoms with Gasteiger partial charge in [0.1, 0.15) is 10.8 Å². The van der Waals surface area contributed by atoms with Crippen LogP contribution in [0.25, 0.3) is 0 Å². The Balaban J connectivity index is 2.17. The van der Waals surface area contributed by atoms with Gasteiger partial charge in [-0.05, 0) is 24.6 Å². The highest BCUT2D eigenvalue weighted by atomic mass is 35.5. The highest BCUT2D eigenvalue weighted by molar-refractivity contribution is 6.29. The highest BCUT2D eigenvalue weighted by Crippen LogP contribution is 2.19. The van der Waals surface area contributed by atoms with Crippen LogP contribution in [0.2, 0.25) is 5.15 Å². The lowest BCUT2D eigenvalue weighted by molar-refractivity contribution is 0.0736. The molecular weight excluding hydrogens is 264 g/mol. The molecule has 0 saturated carbocycles. The molecule has 2 aromatic heterocycles. The Labute approximate surface area is 116 Å². The van der Waals surface area contributed by atoms with E-state index in [-0.39, 0.29) is 22.8 Å². The molecule has 0 N–H and O–H groups in total. The van der Waals surface area contributed by atoms with Crippen molar-refractivity contribution >= 4 is 17.5 Å². The van der Waals surface area contributed by atoms with Crippen molar-refractivity contribution in [2.75, 3.05) is 7.05 Å². The van der Waals surface area contributed by atoms with Gasteiger partial charge in [0.25, 0.3) is 5.91 Å². The fourth-order valence-corrected chi connectivity index (χ4v) is 1.74. The molecule has 2 aromatic rings. The summed E-state index contributed by atoms with van der Waals surface area (Å²) < 4.78 is 0. The first-order valence-corrected chi connectivity index (χ1v) is 6.12. The van der Waals surface area contributed by atoms with Gasteiger partial charge in [-0.25, -0.2) is 9.97 Å². The average Bonchev–Trinajstić information content (AvgIpc) is 2.46. The molecule has 6 heteroatoms. The molecular formula is C13H13ClN4O.